The molecule has 0 N–H and O–H groups in total. The molecule has 2 heteroatoms. The fourth-order valence-electron chi connectivity index (χ4n) is 4.75. The summed E-state index contributed by atoms with van der Waals surface area (Å²) in [6.45, 7) is 6.30. The molecule has 0 aliphatic heterocycles. The molecule has 0 bridgehead atoms. The van der Waals surface area contributed by atoms with Crippen molar-refractivity contribution in [1.29, 1.82) is 0 Å². The zero-order chi connectivity index (χ0) is 20.9. The maximum absolute atomic E-state index is 4.12. The Bertz CT molecular complexity index is 1600. The molecule has 0 aliphatic rings. The first kappa shape index (κ1) is 18.2. The smallest absolute Gasteiger partial charge is 0.0538 e. The van der Waals surface area contributed by atoms with Crippen LogP contribution in [-0.2, 0) is 0 Å². The van der Waals surface area contributed by atoms with Crippen LogP contribution in [0.4, 0.5) is 0 Å². The monoisotopic (exact) mass is 415 g/mol. The van der Waals surface area contributed by atoms with Gasteiger partial charge >= 0.3 is 0 Å². The third-order valence-corrected chi connectivity index (χ3v) is 7.41. The Morgan fingerprint density at radius 1 is 0.774 bits per heavy atom. The number of fused-ring (bicyclic) bond motifs is 4. The van der Waals surface area contributed by atoms with E-state index in [9.17, 15) is 0 Å². The zero-order valence-corrected chi connectivity index (χ0v) is 18.1. The highest BCUT2D eigenvalue weighted by Crippen LogP contribution is 2.41. The molecule has 0 saturated carbocycles. The van der Waals surface area contributed by atoms with E-state index in [-0.39, 0.29) is 0 Å². The minimum absolute atomic E-state index is 1.18. The molecular weight excluding hydrogens is 394 g/mol. The van der Waals surface area contributed by atoms with E-state index in [4.69, 9.17) is 0 Å². The lowest BCUT2D eigenvalue weighted by atomic mass is 10.00. The minimum atomic E-state index is 1.18. The summed E-state index contributed by atoms with van der Waals surface area (Å²) < 4.78 is 5.02. The fourth-order valence-corrected chi connectivity index (χ4v) is 5.99. The highest BCUT2D eigenvalue weighted by Gasteiger charge is 2.16. The standard InChI is InChI=1S/C29H21NS/c1-3-22-19(2)30(21-10-5-4-6-11-21)27-17-16-20(18-26(22)27)23-13-9-14-25-24-12-7-8-15-28(24)31-29(23)25/h3-18H,1H2,2H3. The molecule has 2 heterocycles. The van der Waals surface area contributed by atoms with E-state index < -0.39 is 0 Å². The van der Waals surface area contributed by atoms with Gasteiger partial charge in [-0.25, -0.2) is 0 Å². The molecule has 6 aromatic rings. The van der Waals surface area contributed by atoms with Gasteiger partial charge in [-0.15, -0.1) is 11.3 Å². The van der Waals surface area contributed by atoms with E-state index in [1.165, 1.54) is 59.1 Å². The van der Waals surface area contributed by atoms with Crippen molar-refractivity contribution in [1.82, 2.24) is 4.57 Å². The average molecular weight is 416 g/mol. The Morgan fingerprint density at radius 2 is 1.55 bits per heavy atom. The molecule has 0 fully saturated rings. The summed E-state index contributed by atoms with van der Waals surface area (Å²) in [6, 6.07) is 32.7. The molecule has 0 radical (unpaired) electrons. The second-order valence-corrected chi connectivity index (χ2v) is 8.94. The number of hydrogen-bond acceptors (Lipinski definition) is 1. The van der Waals surface area contributed by atoms with Crippen molar-refractivity contribution in [3.05, 3.63) is 109 Å². The van der Waals surface area contributed by atoms with Crippen molar-refractivity contribution in [3.8, 4) is 16.8 Å². The Morgan fingerprint density at radius 3 is 2.39 bits per heavy atom. The number of para-hydroxylation sites is 1. The second-order valence-electron chi connectivity index (χ2n) is 7.89. The predicted molar refractivity (Wildman–Crippen MR) is 136 cm³/mol. The van der Waals surface area contributed by atoms with Gasteiger partial charge in [0.05, 0.1) is 5.52 Å². The maximum Gasteiger partial charge on any atom is 0.0538 e. The highest BCUT2D eigenvalue weighted by atomic mass is 32.1. The van der Waals surface area contributed by atoms with Gasteiger partial charge in [-0.2, -0.15) is 0 Å². The molecule has 4 aromatic carbocycles. The third kappa shape index (κ3) is 2.69. The van der Waals surface area contributed by atoms with Crippen LogP contribution in [0.2, 0.25) is 0 Å². The quantitative estimate of drug-likeness (QED) is 0.273. The molecule has 6 rings (SSSR count). The number of aromatic nitrogens is 1. The SMILES string of the molecule is C=Cc1c(C)n(-c2ccccc2)c2ccc(-c3cccc4c3sc3ccccc34)cc12. The van der Waals surface area contributed by atoms with Crippen molar-refractivity contribution < 1.29 is 0 Å². The molecule has 31 heavy (non-hydrogen) atoms. The highest BCUT2D eigenvalue weighted by molar-refractivity contribution is 7.26. The largest absolute Gasteiger partial charge is 0.313 e. The van der Waals surface area contributed by atoms with E-state index in [1.54, 1.807) is 0 Å². The van der Waals surface area contributed by atoms with Crippen LogP contribution in [0.1, 0.15) is 11.3 Å². The number of rotatable bonds is 3. The summed E-state index contributed by atoms with van der Waals surface area (Å²) in [5.41, 5.74) is 7.35. The van der Waals surface area contributed by atoms with Gasteiger partial charge in [-0.05, 0) is 48.4 Å². The lowest BCUT2D eigenvalue weighted by Gasteiger charge is -2.09. The number of hydrogen-bond donors (Lipinski definition) is 0. The minimum Gasteiger partial charge on any atom is -0.313 e. The van der Waals surface area contributed by atoms with Gasteiger partial charge in [-0.3, -0.25) is 0 Å². The molecule has 1 nitrogen and oxygen atoms in total. The van der Waals surface area contributed by atoms with Gasteiger partial charge in [0.15, 0.2) is 0 Å². The summed E-state index contributed by atoms with van der Waals surface area (Å²) in [5, 5.41) is 3.91. The Kier molecular flexibility index (Phi) is 4.09. The van der Waals surface area contributed by atoms with E-state index in [0.717, 1.165) is 0 Å². The Balaban J connectivity index is 1.63. The number of thiophene rings is 1. The number of nitrogens with zero attached hydrogens (tertiary/aromatic N) is 1. The van der Waals surface area contributed by atoms with Gasteiger partial charge in [-0.1, -0.05) is 73.3 Å². The average Bonchev–Trinajstić information content (AvgIpc) is 3.33. The first-order valence-corrected chi connectivity index (χ1v) is 11.3. The van der Waals surface area contributed by atoms with Crippen LogP contribution in [-0.4, -0.2) is 4.57 Å². The molecule has 0 aliphatic carbocycles. The Labute approximate surface area is 185 Å². The van der Waals surface area contributed by atoms with Gasteiger partial charge < -0.3 is 4.57 Å². The van der Waals surface area contributed by atoms with Crippen LogP contribution in [0.5, 0.6) is 0 Å². The van der Waals surface area contributed by atoms with E-state index in [1.807, 2.05) is 17.4 Å². The predicted octanol–water partition coefficient (Wildman–Crippen LogP) is 8.62. The Hall–Kier alpha value is -3.62. The zero-order valence-electron chi connectivity index (χ0n) is 17.3. The van der Waals surface area contributed by atoms with Crippen LogP contribution in [0.25, 0.3) is 54.0 Å². The second kappa shape index (κ2) is 6.97. The summed E-state index contributed by atoms with van der Waals surface area (Å²) in [5.74, 6) is 0. The summed E-state index contributed by atoms with van der Waals surface area (Å²) >= 11 is 1.88. The lowest BCUT2D eigenvalue weighted by Crippen LogP contribution is -1.96. The van der Waals surface area contributed by atoms with Gasteiger partial charge in [0.25, 0.3) is 0 Å². The van der Waals surface area contributed by atoms with Gasteiger partial charge in [0.2, 0.25) is 0 Å². The summed E-state index contributed by atoms with van der Waals surface area (Å²) in [6.07, 6.45) is 1.99. The molecule has 0 saturated heterocycles. The molecule has 0 amide bonds. The van der Waals surface area contributed by atoms with Gasteiger partial charge in [0.1, 0.15) is 0 Å². The first-order valence-electron chi connectivity index (χ1n) is 10.5. The molecule has 0 spiro atoms. The molecule has 148 valence electrons. The van der Waals surface area contributed by atoms with Crippen LogP contribution in [0.3, 0.4) is 0 Å². The molecular formula is C29H21NS. The summed E-state index contributed by atoms with van der Waals surface area (Å²) in [7, 11) is 0. The van der Waals surface area contributed by atoms with Crippen LogP contribution >= 0.6 is 11.3 Å². The fraction of sp³-hybridized carbons (Fsp3) is 0.0345. The summed E-state index contributed by atoms with van der Waals surface area (Å²) in [4.78, 5) is 0. The van der Waals surface area contributed by atoms with Crippen molar-refractivity contribution in [2.75, 3.05) is 0 Å². The van der Waals surface area contributed by atoms with E-state index in [0.29, 0.717) is 0 Å². The van der Waals surface area contributed by atoms with Crippen molar-refractivity contribution in [2.45, 2.75) is 6.92 Å². The van der Waals surface area contributed by atoms with Crippen molar-refractivity contribution in [2.24, 2.45) is 0 Å². The first-order chi connectivity index (χ1) is 15.3. The molecule has 0 unspecified atom stereocenters. The van der Waals surface area contributed by atoms with Crippen LogP contribution in [0.15, 0.2) is 97.6 Å². The molecule has 2 aromatic heterocycles. The van der Waals surface area contributed by atoms with Crippen molar-refractivity contribution >= 4 is 48.5 Å². The normalized spacial score (nSPS) is 11.5. The van der Waals surface area contributed by atoms with E-state index in [2.05, 4.69) is 109 Å². The third-order valence-electron chi connectivity index (χ3n) is 6.19. The lowest BCUT2D eigenvalue weighted by molar-refractivity contribution is 1.05. The maximum atomic E-state index is 4.12. The van der Waals surface area contributed by atoms with Crippen LogP contribution < -0.4 is 0 Å². The van der Waals surface area contributed by atoms with E-state index >= 15 is 0 Å². The molecule has 0 atom stereocenters. The van der Waals surface area contributed by atoms with Crippen LogP contribution in [0, 0.1) is 6.92 Å². The number of benzene rings is 4. The topological polar surface area (TPSA) is 4.93 Å². The van der Waals surface area contributed by atoms with Crippen molar-refractivity contribution in [3.63, 3.8) is 0 Å². The van der Waals surface area contributed by atoms with Gasteiger partial charge in [0, 0.05) is 42.5 Å².